The molecule has 0 unspecified atom stereocenters. The molecule has 21 heavy (non-hydrogen) atoms. The van der Waals surface area contributed by atoms with Crippen molar-refractivity contribution in [3.8, 4) is 11.5 Å². The minimum atomic E-state index is -0.532. The van der Waals surface area contributed by atoms with Crippen LogP contribution in [0.15, 0.2) is 36.4 Å². The maximum Gasteiger partial charge on any atom is 0.311 e. The summed E-state index contributed by atoms with van der Waals surface area (Å²) in [6, 6.07) is 9.02. The van der Waals surface area contributed by atoms with Crippen molar-refractivity contribution in [2.75, 3.05) is 7.11 Å². The van der Waals surface area contributed by atoms with Crippen molar-refractivity contribution in [1.29, 1.82) is 0 Å². The standard InChI is InChI=1S/C15H14FNO4/c1-10-3-5-12(16)15(7-10)21-9-11-4-6-14(20-2)13(8-11)17(18)19/h3-8H,9H2,1-2H3. The molecule has 0 aliphatic heterocycles. The predicted molar refractivity (Wildman–Crippen MR) is 75.1 cm³/mol. The second kappa shape index (κ2) is 6.21. The Labute approximate surface area is 121 Å². The molecule has 0 saturated heterocycles. The Morgan fingerprint density at radius 1 is 1.19 bits per heavy atom. The molecule has 2 aromatic rings. The SMILES string of the molecule is COc1ccc(COc2cc(C)ccc2F)cc1[N+](=O)[O-]. The van der Waals surface area contributed by atoms with Crippen LogP contribution in [0.4, 0.5) is 10.1 Å². The first kappa shape index (κ1) is 14.8. The number of hydrogen-bond acceptors (Lipinski definition) is 4. The van der Waals surface area contributed by atoms with Gasteiger partial charge in [-0.05, 0) is 36.2 Å². The van der Waals surface area contributed by atoms with E-state index in [-0.39, 0.29) is 23.8 Å². The van der Waals surface area contributed by atoms with Gasteiger partial charge in [0, 0.05) is 6.07 Å². The van der Waals surface area contributed by atoms with Gasteiger partial charge in [-0.3, -0.25) is 10.1 Å². The Bertz CT molecular complexity index is 673. The Hall–Kier alpha value is -2.63. The van der Waals surface area contributed by atoms with Gasteiger partial charge in [-0.15, -0.1) is 0 Å². The fourth-order valence-corrected chi connectivity index (χ4v) is 1.85. The van der Waals surface area contributed by atoms with Gasteiger partial charge in [-0.25, -0.2) is 4.39 Å². The quantitative estimate of drug-likeness (QED) is 0.623. The van der Waals surface area contributed by atoms with Gasteiger partial charge in [0.25, 0.3) is 0 Å². The van der Waals surface area contributed by atoms with Crippen molar-refractivity contribution in [2.24, 2.45) is 0 Å². The van der Waals surface area contributed by atoms with Gasteiger partial charge in [-0.1, -0.05) is 12.1 Å². The number of aryl methyl sites for hydroxylation is 1. The van der Waals surface area contributed by atoms with Crippen LogP contribution in [-0.4, -0.2) is 12.0 Å². The molecule has 0 radical (unpaired) electrons. The molecule has 0 saturated carbocycles. The van der Waals surface area contributed by atoms with Gasteiger partial charge >= 0.3 is 5.69 Å². The largest absolute Gasteiger partial charge is 0.490 e. The van der Waals surface area contributed by atoms with Crippen molar-refractivity contribution in [3.63, 3.8) is 0 Å². The summed E-state index contributed by atoms with van der Waals surface area (Å²) in [6.07, 6.45) is 0. The lowest BCUT2D eigenvalue weighted by Crippen LogP contribution is -2.00. The normalized spacial score (nSPS) is 10.2. The predicted octanol–water partition coefficient (Wildman–Crippen LogP) is 3.63. The number of nitro groups is 1. The summed E-state index contributed by atoms with van der Waals surface area (Å²) in [4.78, 5) is 10.4. The zero-order chi connectivity index (χ0) is 15.4. The molecule has 0 bridgehead atoms. The van der Waals surface area contributed by atoms with Gasteiger partial charge in [-0.2, -0.15) is 0 Å². The average Bonchev–Trinajstić information content (AvgIpc) is 2.47. The van der Waals surface area contributed by atoms with Crippen LogP contribution in [0.2, 0.25) is 0 Å². The van der Waals surface area contributed by atoms with Crippen LogP contribution in [0.5, 0.6) is 11.5 Å². The lowest BCUT2D eigenvalue weighted by molar-refractivity contribution is -0.385. The third-order valence-corrected chi connectivity index (χ3v) is 2.92. The van der Waals surface area contributed by atoms with Gasteiger partial charge < -0.3 is 9.47 Å². The van der Waals surface area contributed by atoms with Gasteiger partial charge in [0.2, 0.25) is 0 Å². The van der Waals surface area contributed by atoms with E-state index in [4.69, 9.17) is 9.47 Å². The molecular formula is C15H14FNO4. The molecule has 0 spiro atoms. The van der Waals surface area contributed by atoms with E-state index in [2.05, 4.69) is 0 Å². The third-order valence-electron chi connectivity index (χ3n) is 2.92. The summed E-state index contributed by atoms with van der Waals surface area (Å²) in [7, 11) is 1.36. The van der Waals surface area contributed by atoms with E-state index >= 15 is 0 Å². The van der Waals surface area contributed by atoms with E-state index in [1.165, 1.54) is 25.3 Å². The number of methoxy groups -OCH3 is 1. The summed E-state index contributed by atoms with van der Waals surface area (Å²) in [6.45, 7) is 1.86. The minimum absolute atomic E-state index is 0.0329. The molecule has 0 atom stereocenters. The highest BCUT2D eigenvalue weighted by atomic mass is 19.1. The molecule has 0 amide bonds. The molecule has 0 aromatic heterocycles. The lowest BCUT2D eigenvalue weighted by Gasteiger charge is -2.09. The summed E-state index contributed by atoms with van der Waals surface area (Å²) >= 11 is 0. The third kappa shape index (κ3) is 3.47. The lowest BCUT2D eigenvalue weighted by atomic mass is 10.2. The number of ether oxygens (including phenoxy) is 2. The van der Waals surface area contributed by atoms with Gasteiger partial charge in [0.15, 0.2) is 17.3 Å². The Balaban J connectivity index is 2.18. The molecule has 0 aliphatic rings. The second-order valence-electron chi connectivity index (χ2n) is 4.49. The van der Waals surface area contributed by atoms with Crippen LogP contribution in [0.1, 0.15) is 11.1 Å². The van der Waals surface area contributed by atoms with Crippen LogP contribution in [-0.2, 0) is 6.61 Å². The monoisotopic (exact) mass is 291 g/mol. The van der Waals surface area contributed by atoms with Crippen molar-refractivity contribution < 1.29 is 18.8 Å². The smallest absolute Gasteiger partial charge is 0.311 e. The zero-order valence-corrected chi connectivity index (χ0v) is 11.6. The average molecular weight is 291 g/mol. The number of rotatable bonds is 5. The van der Waals surface area contributed by atoms with Crippen LogP contribution < -0.4 is 9.47 Å². The summed E-state index contributed by atoms with van der Waals surface area (Å²) in [5, 5.41) is 10.9. The highest BCUT2D eigenvalue weighted by Gasteiger charge is 2.15. The molecule has 2 rings (SSSR count). The zero-order valence-electron chi connectivity index (χ0n) is 11.6. The molecule has 0 heterocycles. The summed E-state index contributed by atoms with van der Waals surface area (Å²) < 4.78 is 23.8. The van der Waals surface area contributed by atoms with E-state index < -0.39 is 10.7 Å². The van der Waals surface area contributed by atoms with E-state index in [0.717, 1.165) is 5.56 Å². The number of nitro benzene ring substituents is 1. The molecule has 110 valence electrons. The fraction of sp³-hybridized carbons (Fsp3) is 0.200. The first-order chi connectivity index (χ1) is 10.0. The van der Waals surface area contributed by atoms with Crippen molar-refractivity contribution >= 4 is 5.69 Å². The number of hydrogen-bond donors (Lipinski definition) is 0. The number of nitrogens with zero attached hydrogens (tertiary/aromatic N) is 1. The molecular weight excluding hydrogens is 277 g/mol. The van der Waals surface area contributed by atoms with E-state index in [9.17, 15) is 14.5 Å². The highest BCUT2D eigenvalue weighted by Crippen LogP contribution is 2.28. The molecule has 6 heteroatoms. The molecule has 0 aliphatic carbocycles. The number of benzene rings is 2. The molecule has 0 fully saturated rings. The molecule has 5 nitrogen and oxygen atoms in total. The molecule has 0 N–H and O–H groups in total. The topological polar surface area (TPSA) is 61.6 Å². The highest BCUT2D eigenvalue weighted by molar-refractivity contribution is 5.48. The van der Waals surface area contributed by atoms with Crippen LogP contribution >= 0.6 is 0 Å². The Morgan fingerprint density at radius 2 is 1.95 bits per heavy atom. The maximum atomic E-state index is 13.5. The minimum Gasteiger partial charge on any atom is -0.490 e. The maximum absolute atomic E-state index is 13.5. The summed E-state index contributed by atoms with van der Waals surface area (Å²) in [5.74, 6) is -0.178. The molecule has 2 aromatic carbocycles. The number of halogens is 1. The first-order valence-electron chi connectivity index (χ1n) is 6.21. The van der Waals surface area contributed by atoms with Crippen LogP contribution in [0, 0.1) is 22.9 Å². The van der Waals surface area contributed by atoms with Crippen LogP contribution in [0.3, 0.4) is 0 Å². The van der Waals surface area contributed by atoms with E-state index in [1.807, 2.05) is 6.92 Å². The summed E-state index contributed by atoms with van der Waals surface area (Å²) in [5.41, 5.74) is 1.28. The Kier molecular flexibility index (Phi) is 4.37. The second-order valence-corrected chi connectivity index (χ2v) is 4.49. The van der Waals surface area contributed by atoms with Gasteiger partial charge in [0.05, 0.1) is 12.0 Å². The van der Waals surface area contributed by atoms with Crippen LogP contribution in [0.25, 0.3) is 0 Å². The van der Waals surface area contributed by atoms with Gasteiger partial charge in [0.1, 0.15) is 6.61 Å². The van der Waals surface area contributed by atoms with Crippen molar-refractivity contribution in [2.45, 2.75) is 13.5 Å². The first-order valence-corrected chi connectivity index (χ1v) is 6.21. The fourth-order valence-electron chi connectivity index (χ4n) is 1.85. The Morgan fingerprint density at radius 3 is 2.62 bits per heavy atom. The van der Waals surface area contributed by atoms with Crippen molar-refractivity contribution in [1.82, 2.24) is 0 Å². The van der Waals surface area contributed by atoms with E-state index in [0.29, 0.717) is 5.56 Å². The van der Waals surface area contributed by atoms with Crippen molar-refractivity contribution in [3.05, 3.63) is 63.5 Å². The van der Waals surface area contributed by atoms with E-state index in [1.54, 1.807) is 18.2 Å².